The van der Waals surface area contributed by atoms with Gasteiger partial charge in [0.25, 0.3) is 0 Å². The Balaban J connectivity index is 1.27. The number of ether oxygens (including phenoxy) is 2. The molecule has 0 unspecified atom stereocenters. The minimum atomic E-state index is -0.297. The summed E-state index contributed by atoms with van der Waals surface area (Å²) in [6, 6.07) is 21.6. The number of carbonyl (C=O) groups is 1. The molecule has 1 fully saturated rings. The molecule has 0 bridgehead atoms. The molecule has 0 spiro atoms. The van der Waals surface area contributed by atoms with Crippen LogP contribution < -0.4 is 14.4 Å². The molecule has 1 amide bonds. The van der Waals surface area contributed by atoms with E-state index < -0.39 is 0 Å². The molecule has 0 radical (unpaired) electrons. The summed E-state index contributed by atoms with van der Waals surface area (Å²) in [5.41, 5.74) is 2.15. The van der Waals surface area contributed by atoms with E-state index in [1.165, 1.54) is 12.1 Å². The zero-order valence-electron chi connectivity index (χ0n) is 18.2. The van der Waals surface area contributed by atoms with Crippen LogP contribution in [0, 0.1) is 5.82 Å². The van der Waals surface area contributed by atoms with E-state index in [0.717, 1.165) is 30.1 Å². The quantitative estimate of drug-likeness (QED) is 0.530. The average Bonchev–Trinajstić information content (AvgIpc) is 2.84. The van der Waals surface area contributed by atoms with Crippen LogP contribution in [0.15, 0.2) is 72.8 Å². The first-order valence-electron chi connectivity index (χ1n) is 10.8. The van der Waals surface area contributed by atoms with E-state index in [1.54, 1.807) is 19.2 Å². The lowest BCUT2D eigenvalue weighted by atomic mass is 10.1. The third-order valence-electron chi connectivity index (χ3n) is 5.63. The number of hydrogen-bond donors (Lipinski definition) is 0. The van der Waals surface area contributed by atoms with Gasteiger partial charge in [-0.15, -0.1) is 0 Å². The second-order valence-corrected chi connectivity index (χ2v) is 7.77. The van der Waals surface area contributed by atoms with Crippen LogP contribution in [0.4, 0.5) is 10.1 Å². The first kappa shape index (κ1) is 21.7. The summed E-state index contributed by atoms with van der Waals surface area (Å²) < 4.78 is 24.2. The molecular weight excluding hydrogens is 407 g/mol. The van der Waals surface area contributed by atoms with E-state index in [4.69, 9.17) is 9.47 Å². The highest BCUT2D eigenvalue weighted by atomic mass is 19.1. The molecule has 0 aromatic heterocycles. The third-order valence-corrected chi connectivity index (χ3v) is 5.63. The maximum atomic E-state index is 13.1. The van der Waals surface area contributed by atoms with Crippen molar-refractivity contribution in [2.45, 2.75) is 12.8 Å². The molecule has 0 N–H and O–H groups in total. The van der Waals surface area contributed by atoms with Crippen molar-refractivity contribution >= 4 is 11.6 Å². The van der Waals surface area contributed by atoms with Crippen molar-refractivity contribution in [3.8, 4) is 17.2 Å². The van der Waals surface area contributed by atoms with Crippen molar-refractivity contribution in [1.82, 2.24) is 4.90 Å². The molecule has 0 aliphatic carbocycles. The molecular formula is C26H27FN2O3. The van der Waals surface area contributed by atoms with Crippen molar-refractivity contribution in [1.29, 1.82) is 0 Å². The van der Waals surface area contributed by atoms with Gasteiger partial charge in [-0.2, -0.15) is 0 Å². The smallest absolute Gasteiger partial charge is 0.223 e. The number of piperazine rings is 1. The molecule has 1 aliphatic rings. The van der Waals surface area contributed by atoms with Crippen LogP contribution in [0.2, 0.25) is 0 Å². The maximum absolute atomic E-state index is 13.1. The van der Waals surface area contributed by atoms with Gasteiger partial charge in [0, 0.05) is 44.4 Å². The van der Waals surface area contributed by atoms with Gasteiger partial charge in [0.1, 0.15) is 23.1 Å². The molecule has 3 aromatic rings. The predicted molar refractivity (Wildman–Crippen MR) is 123 cm³/mol. The molecule has 3 aromatic carbocycles. The van der Waals surface area contributed by atoms with Crippen LogP contribution in [0.3, 0.4) is 0 Å². The monoisotopic (exact) mass is 434 g/mol. The highest BCUT2D eigenvalue weighted by molar-refractivity contribution is 5.77. The Kier molecular flexibility index (Phi) is 6.90. The lowest BCUT2D eigenvalue weighted by Crippen LogP contribution is -2.48. The van der Waals surface area contributed by atoms with Crippen molar-refractivity contribution < 1.29 is 18.7 Å². The zero-order valence-corrected chi connectivity index (χ0v) is 18.2. The number of hydrogen-bond acceptors (Lipinski definition) is 4. The molecule has 0 saturated carbocycles. The van der Waals surface area contributed by atoms with Gasteiger partial charge in [0.15, 0.2) is 0 Å². The summed E-state index contributed by atoms with van der Waals surface area (Å²) in [7, 11) is 1.67. The SMILES string of the molecule is COc1cccc(N2CCN(C(=O)CCc3cccc(Oc4ccc(F)cc4)c3)CC2)c1. The summed E-state index contributed by atoms with van der Waals surface area (Å²) >= 11 is 0. The third kappa shape index (κ3) is 5.58. The van der Waals surface area contributed by atoms with E-state index in [2.05, 4.69) is 11.0 Å². The molecule has 1 aliphatic heterocycles. The Morgan fingerprint density at radius 2 is 1.59 bits per heavy atom. The summed E-state index contributed by atoms with van der Waals surface area (Å²) in [5, 5.41) is 0. The predicted octanol–water partition coefficient (Wildman–Crippen LogP) is 4.91. The number of methoxy groups -OCH3 is 1. The summed E-state index contributed by atoms with van der Waals surface area (Å²) in [6.07, 6.45) is 1.11. The molecule has 4 rings (SSSR count). The van der Waals surface area contributed by atoms with Crippen LogP contribution in [-0.4, -0.2) is 44.1 Å². The fourth-order valence-electron chi connectivity index (χ4n) is 3.83. The van der Waals surface area contributed by atoms with Crippen molar-refractivity contribution in [2.24, 2.45) is 0 Å². The lowest BCUT2D eigenvalue weighted by molar-refractivity contribution is -0.131. The Hall–Kier alpha value is -3.54. The van der Waals surface area contributed by atoms with Gasteiger partial charge in [-0.3, -0.25) is 4.79 Å². The largest absolute Gasteiger partial charge is 0.497 e. The highest BCUT2D eigenvalue weighted by Crippen LogP contribution is 2.24. The first-order chi connectivity index (χ1) is 15.6. The van der Waals surface area contributed by atoms with Crippen molar-refractivity contribution in [3.05, 3.63) is 84.2 Å². The number of aryl methyl sites for hydroxylation is 1. The number of anilines is 1. The molecule has 32 heavy (non-hydrogen) atoms. The van der Waals surface area contributed by atoms with Crippen molar-refractivity contribution in [2.75, 3.05) is 38.2 Å². The van der Waals surface area contributed by atoms with E-state index in [-0.39, 0.29) is 11.7 Å². The number of nitrogens with zero attached hydrogens (tertiary/aromatic N) is 2. The molecule has 1 heterocycles. The summed E-state index contributed by atoms with van der Waals surface area (Å²) in [4.78, 5) is 17.0. The molecule has 5 nitrogen and oxygen atoms in total. The van der Waals surface area contributed by atoms with Gasteiger partial charge in [-0.1, -0.05) is 18.2 Å². The topological polar surface area (TPSA) is 42.0 Å². The van der Waals surface area contributed by atoms with Gasteiger partial charge in [0.05, 0.1) is 7.11 Å². The maximum Gasteiger partial charge on any atom is 0.223 e. The second-order valence-electron chi connectivity index (χ2n) is 7.77. The Bertz CT molecular complexity index is 1050. The number of amides is 1. The van der Waals surface area contributed by atoms with E-state index in [0.29, 0.717) is 37.4 Å². The van der Waals surface area contributed by atoms with Gasteiger partial charge in [0.2, 0.25) is 5.91 Å². The first-order valence-corrected chi connectivity index (χ1v) is 10.8. The zero-order chi connectivity index (χ0) is 22.3. The van der Waals surface area contributed by atoms with Gasteiger partial charge < -0.3 is 19.3 Å². The normalized spacial score (nSPS) is 13.7. The van der Waals surface area contributed by atoms with Crippen LogP contribution in [0.5, 0.6) is 17.2 Å². The number of carbonyl (C=O) groups excluding carboxylic acids is 1. The fourth-order valence-corrected chi connectivity index (χ4v) is 3.83. The molecule has 6 heteroatoms. The number of halogens is 1. The summed E-state index contributed by atoms with van der Waals surface area (Å²) in [5.74, 6) is 1.96. The Labute approximate surface area is 188 Å². The van der Waals surface area contributed by atoms with Gasteiger partial charge >= 0.3 is 0 Å². The fraction of sp³-hybridized carbons (Fsp3) is 0.269. The van der Waals surface area contributed by atoms with Crippen LogP contribution >= 0.6 is 0 Å². The van der Waals surface area contributed by atoms with Crippen LogP contribution in [0.25, 0.3) is 0 Å². The Morgan fingerprint density at radius 3 is 2.34 bits per heavy atom. The highest BCUT2D eigenvalue weighted by Gasteiger charge is 2.21. The minimum absolute atomic E-state index is 0.167. The molecule has 166 valence electrons. The van der Waals surface area contributed by atoms with E-state index >= 15 is 0 Å². The Morgan fingerprint density at radius 1 is 0.875 bits per heavy atom. The minimum Gasteiger partial charge on any atom is -0.497 e. The summed E-state index contributed by atoms with van der Waals surface area (Å²) in [6.45, 7) is 3.04. The van der Waals surface area contributed by atoms with Gasteiger partial charge in [-0.25, -0.2) is 4.39 Å². The standard InChI is InChI=1S/C26H27FN2O3/c1-31-24-6-3-5-22(19-24)28-14-16-29(17-15-28)26(30)13-8-20-4-2-7-25(18-20)32-23-11-9-21(27)10-12-23/h2-7,9-12,18-19H,8,13-17H2,1H3. The van der Waals surface area contributed by atoms with Crippen LogP contribution in [-0.2, 0) is 11.2 Å². The van der Waals surface area contributed by atoms with Crippen molar-refractivity contribution in [3.63, 3.8) is 0 Å². The number of rotatable bonds is 7. The van der Waals surface area contributed by atoms with Crippen LogP contribution in [0.1, 0.15) is 12.0 Å². The lowest BCUT2D eigenvalue weighted by Gasteiger charge is -2.36. The molecule has 1 saturated heterocycles. The van der Waals surface area contributed by atoms with Gasteiger partial charge in [-0.05, 0) is 60.5 Å². The van der Waals surface area contributed by atoms with E-state index in [1.807, 2.05) is 47.4 Å². The number of benzene rings is 3. The average molecular weight is 435 g/mol. The second kappa shape index (κ2) is 10.2. The molecule has 0 atom stereocenters. The van der Waals surface area contributed by atoms with E-state index in [9.17, 15) is 9.18 Å².